The van der Waals surface area contributed by atoms with Gasteiger partial charge in [-0.3, -0.25) is 9.79 Å². The molecule has 0 spiro atoms. The molecule has 1 aromatic carbocycles. The number of carboxylic acid groups (broad SMARTS) is 1. The molecule has 5 N–H and O–H groups in total. The Morgan fingerprint density at radius 3 is 2.74 bits per heavy atom. The van der Waals surface area contributed by atoms with E-state index in [1.54, 1.807) is 0 Å². The fraction of sp³-hybridized carbons (Fsp3) is 0.565. The number of carbonyl (C=O) groups is 3. The van der Waals surface area contributed by atoms with Gasteiger partial charge in [0.2, 0.25) is 5.91 Å². The molecular formula is C23H34N6O6. The second-order valence-electron chi connectivity index (χ2n) is 8.36. The van der Waals surface area contributed by atoms with E-state index in [9.17, 15) is 19.5 Å². The molecule has 0 saturated carbocycles. The molecule has 12 nitrogen and oxygen atoms in total. The lowest BCUT2D eigenvalue weighted by Gasteiger charge is -2.33. The van der Waals surface area contributed by atoms with Gasteiger partial charge < -0.3 is 40.7 Å². The van der Waals surface area contributed by atoms with Gasteiger partial charge in [0.1, 0.15) is 12.6 Å². The number of methoxy groups -OCH3 is 1. The summed E-state index contributed by atoms with van der Waals surface area (Å²) in [6, 6.07) is 6.79. The van der Waals surface area contributed by atoms with Crippen LogP contribution in [0.2, 0.25) is 0 Å². The van der Waals surface area contributed by atoms with Crippen molar-refractivity contribution in [2.75, 3.05) is 63.3 Å². The number of ether oxygens (including phenoxy) is 2. The third kappa shape index (κ3) is 8.32. The van der Waals surface area contributed by atoms with Gasteiger partial charge in [0.05, 0.1) is 6.61 Å². The first-order valence-electron chi connectivity index (χ1n) is 11.8. The zero-order valence-corrected chi connectivity index (χ0v) is 19.9. The van der Waals surface area contributed by atoms with Gasteiger partial charge in [-0.15, -0.1) is 0 Å². The summed E-state index contributed by atoms with van der Waals surface area (Å²) in [5.41, 5.74) is 2.01. The highest BCUT2D eigenvalue weighted by molar-refractivity contribution is 5.94. The summed E-state index contributed by atoms with van der Waals surface area (Å²) in [4.78, 5) is 42.4. The number of anilines is 2. The van der Waals surface area contributed by atoms with Gasteiger partial charge in [-0.25, -0.2) is 9.59 Å². The number of carbonyl (C=O) groups excluding carboxylic acids is 2. The first-order chi connectivity index (χ1) is 17.0. The maximum Gasteiger partial charge on any atom is 0.407 e. The highest BCUT2D eigenvalue weighted by Gasteiger charge is 2.27. The van der Waals surface area contributed by atoms with Crippen LogP contribution in [0.15, 0.2) is 29.3 Å². The average molecular weight is 491 g/mol. The molecule has 3 rings (SSSR count). The van der Waals surface area contributed by atoms with Crippen LogP contribution in [0, 0.1) is 5.92 Å². The third-order valence-electron chi connectivity index (χ3n) is 5.83. The lowest BCUT2D eigenvalue weighted by Crippen LogP contribution is -2.50. The molecule has 0 aromatic heterocycles. The minimum Gasteiger partial charge on any atom is -0.480 e. The number of aliphatic imine (C=N–C) groups is 1. The van der Waals surface area contributed by atoms with Gasteiger partial charge in [0, 0.05) is 57.1 Å². The molecule has 1 unspecified atom stereocenters. The number of nitrogens with zero attached hydrogens (tertiary/aromatic N) is 2. The minimum atomic E-state index is -1.28. The minimum absolute atomic E-state index is 0.00418. The first kappa shape index (κ1) is 26.1. The number of carboxylic acids is 1. The van der Waals surface area contributed by atoms with E-state index < -0.39 is 18.1 Å². The van der Waals surface area contributed by atoms with E-state index in [1.165, 1.54) is 7.11 Å². The van der Waals surface area contributed by atoms with Crippen LogP contribution in [-0.2, 0) is 19.1 Å². The molecule has 2 heterocycles. The molecule has 35 heavy (non-hydrogen) atoms. The number of guanidine groups is 1. The summed E-state index contributed by atoms with van der Waals surface area (Å²) in [6.07, 6.45) is 1.44. The second-order valence-corrected chi connectivity index (χ2v) is 8.36. The van der Waals surface area contributed by atoms with E-state index in [-0.39, 0.29) is 31.6 Å². The van der Waals surface area contributed by atoms with Gasteiger partial charge in [0.15, 0.2) is 5.96 Å². The lowest BCUT2D eigenvalue weighted by molar-refractivity contribution is -0.139. The summed E-state index contributed by atoms with van der Waals surface area (Å²) in [6.45, 7) is 3.10. The van der Waals surface area contributed by atoms with Crippen LogP contribution in [0.4, 0.5) is 16.2 Å². The standard InChI is InChI=1S/C23H34N6O6/c1-34-12-13-35-23(33)28-19(21(31)32)15-26-20(30)16-6-10-29(11-7-16)18-5-2-4-17(14-18)27-22-24-8-3-9-25-22/h2,4-5,14,16,19H,3,6-13,15H2,1H3,(H,26,30)(H,28,33)(H,31,32)(H2,24,25,27). The van der Waals surface area contributed by atoms with Crippen molar-refractivity contribution in [1.82, 2.24) is 16.0 Å². The number of alkyl carbamates (subject to hydrolysis) is 1. The third-order valence-corrected chi connectivity index (χ3v) is 5.83. The van der Waals surface area contributed by atoms with E-state index in [1.807, 2.05) is 18.2 Å². The summed E-state index contributed by atoms with van der Waals surface area (Å²) in [7, 11) is 1.46. The smallest absolute Gasteiger partial charge is 0.407 e. The summed E-state index contributed by atoms with van der Waals surface area (Å²) in [5.74, 6) is -0.924. The number of benzene rings is 1. The zero-order chi connectivity index (χ0) is 25.0. The Bertz CT molecular complexity index is 902. The Labute approximate surface area is 204 Å². The summed E-state index contributed by atoms with van der Waals surface area (Å²) < 4.78 is 9.59. The predicted octanol–water partition coefficient (Wildman–Crippen LogP) is 0.606. The van der Waals surface area contributed by atoms with Crippen molar-refractivity contribution in [3.05, 3.63) is 24.3 Å². The van der Waals surface area contributed by atoms with Gasteiger partial charge in [-0.1, -0.05) is 6.07 Å². The fourth-order valence-electron chi connectivity index (χ4n) is 3.88. The van der Waals surface area contributed by atoms with Gasteiger partial charge >= 0.3 is 12.1 Å². The molecule has 12 heteroatoms. The van der Waals surface area contributed by atoms with Crippen molar-refractivity contribution in [3.63, 3.8) is 0 Å². The van der Waals surface area contributed by atoms with Crippen molar-refractivity contribution >= 4 is 35.3 Å². The maximum absolute atomic E-state index is 12.6. The molecule has 0 radical (unpaired) electrons. The van der Waals surface area contributed by atoms with Gasteiger partial charge in [0.25, 0.3) is 0 Å². The Hall–Kier alpha value is -3.54. The van der Waals surface area contributed by atoms with Crippen LogP contribution in [0.25, 0.3) is 0 Å². The number of rotatable bonds is 10. The molecule has 192 valence electrons. The molecule has 2 aliphatic heterocycles. The van der Waals surface area contributed by atoms with Crippen LogP contribution in [-0.4, -0.2) is 88.1 Å². The van der Waals surface area contributed by atoms with Crippen molar-refractivity contribution in [2.45, 2.75) is 25.3 Å². The maximum atomic E-state index is 12.6. The fourth-order valence-corrected chi connectivity index (χ4v) is 3.88. The van der Waals surface area contributed by atoms with E-state index >= 15 is 0 Å². The molecule has 1 aromatic rings. The van der Waals surface area contributed by atoms with Crippen LogP contribution in [0.3, 0.4) is 0 Å². The highest BCUT2D eigenvalue weighted by atomic mass is 16.6. The van der Waals surface area contributed by atoms with Crippen LogP contribution >= 0.6 is 0 Å². The first-order valence-corrected chi connectivity index (χ1v) is 11.8. The van der Waals surface area contributed by atoms with Crippen LogP contribution < -0.4 is 26.2 Å². The van der Waals surface area contributed by atoms with E-state index in [0.29, 0.717) is 25.9 Å². The highest BCUT2D eigenvalue weighted by Crippen LogP contribution is 2.25. The van der Waals surface area contributed by atoms with E-state index in [0.717, 1.165) is 36.8 Å². The van der Waals surface area contributed by atoms with Crippen molar-refractivity contribution < 1.29 is 29.0 Å². The van der Waals surface area contributed by atoms with Gasteiger partial charge in [-0.2, -0.15) is 0 Å². The number of hydrogen-bond donors (Lipinski definition) is 5. The monoisotopic (exact) mass is 490 g/mol. The van der Waals surface area contributed by atoms with Crippen molar-refractivity contribution in [2.24, 2.45) is 10.9 Å². The second kappa shape index (κ2) is 13.4. The SMILES string of the molecule is COCCOC(=O)NC(CNC(=O)C1CCN(c2cccc(NC3=NCCCN3)c2)CC1)C(=O)O. The summed E-state index contributed by atoms with van der Waals surface area (Å²) in [5, 5.41) is 20.8. The molecule has 1 atom stereocenters. The Morgan fingerprint density at radius 1 is 1.26 bits per heavy atom. The number of hydrogen-bond acceptors (Lipinski definition) is 9. The van der Waals surface area contributed by atoms with E-state index in [4.69, 9.17) is 9.47 Å². The molecule has 2 aliphatic rings. The Balaban J connectivity index is 1.44. The molecule has 0 aliphatic carbocycles. The van der Waals surface area contributed by atoms with Crippen molar-refractivity contribution in [1.29, 1.82) is 0 Å². The topological polar surface area (TPSA) is 154 Å². The molecule has 0 bridgehead atoms. The Morgan fingerprint density at radius 2 is 2.06 bits per heavy atom. The van der Waals surface area contributed by atoms with Crippen LogP contribution in [0.5, 0.6) is 0 Å². The molecular weight excluding hydrogens is 456 g/mol. The molecule has 1 fully saturated rings. The number of nitrogens with one attached hydrogen (secondary N) is 4. The Kier molecular flexibility index (Phi) is 9.96. The molecule has 2 amide bonds. The number of amides is 2. The van der Waals surface area contributed by atoms with Crippen molar-refractivity contribution in [3.8, 4) is 0 Å². The zero-order valence-electron chi connectivity index (χ0n) is 19.9. The van der Waals surface area contributed by atoms with Gasteiger partial charge in [-0.05, 0) is 37.5 Å². The van der Waals surface area contributed by atoms with Crippen LogP contribution in [0.1, 0.15) is 19.3 Å². The average Bonchev–Trinajstić information content (AvgIpc) is 2.87. The normalized spacial score (nSPS) is 16.9. The summed E-state index contributed by atoms with van der Waals surface area (Å²) >= 11 is 0. The lowest BCUT2D eigenvalue weighted by atomic mass is 9.95. The largest absolute Gasteiger partial charge is 0.480 e. The number of aliphatic carboxylic acids is 1. The number of piperidine rings is 1. The quantitative estimate of drug-likeness (QED) is 0.297. The predicted molar refractivity (Wildman–Crippen MR) is 131 cm³/mol. The molecule has 1 saturated heterocycles. The van der Waals surface area contributed by atoms with E-state index in [2.05, 4.69) is 37.2 Å².